The molecule has 6 nitrogen and oxygen atoms in total. The zero-order chi connectivity index (χ0) is 19.1. The Labute approximate surface area is 164 Å². The summed E-state index contributed by atoms with van der Waals surface area (Å²) < 4.78 is 5.95. The van der Waals surface area contributed by atoms with Crippen molar-refractivity contribution < 1.29 is 9.21 Å². The highest BCUT2D eigenvalue weighted by Gasteiger charge is 2.34. The Morgan fingerprint density at radius 1 is 1.14 bits per heavy atom. The van der Waals surface area contributed by atoms with Crippen LogP contribution >= 0.6 is 0 Å². The molecule has 2 aliphatic heterocycles. The van der Waals surface area contributed by atoms with Gasteiger partial charge in [-0.25, -0.2) is 0 Å². The lowest BCUT2D eigenvalue weighted by Gasteiger charge is -2.32. The average molecular weight is 378 g/mol. The smallest absolute Gasteiger partial charge is 0.257 e. The van der Waals surface area contributed by atoms with E-state index < -0.39 is 0 Å². The maximum Gasteiger partial charge on any atom is 0.257 e. The number of hydrogen-bond donors (Lipinski definition) is 1. The standard InChI is InChI=1S/C22H26N4O2/c1-25-9-6-15(7-10-25)17-8-11-26(14-17)22(27)18-13-23-24-21(18)20-12-16-4-2-3-5-19(16)28-20/h2-5,12-13,15,17H,6-11,14H2,1H3,(H,23,24). The molecule has 2 aromatic heterocycles. The van der Waals surface area contributed by atoms with Crippen LogP contribution < -0.4 is 0 Å². The summed E-state index contributed by atoms with van der Waals surface area (Å²) in [4.78, 5) is 17.6. The van der Waals surface area contributed by atoms with E-state index in [0.29, 0.717) is 22.9 Å². The molecule has 28 heavy (non-hydrogen) atoms. The molecule has 2 saturated heterocycles. The minimum Gasteiger partial charge on any atom is -0.454 e. The SMILES string of the molecule is CN1CCC(C2CCN(C(=O)c3cn[nH]c3-c3cc4ccccc4o3)C2)CC1. The zero-order valence-corrected chi connectivity index (χ0v) is 16.2. The molecule has 5 rings (SSSR count). The molecule has 0 radical (unpaired) electrons. The lowest BCUT2D eigenvalue weighted by atomic mass is 9.84. The van der Waals surface area contributed by atoms with Gasteiger partial charge < -0.3 is 14.2 Å². The number of para-hydroxylation sites is 1. The van der Waals surface area contributed by atoms with Gasteiger partial charge >= 0.3 is 0 Å². The number of fused-ring (bicyclic) bond motifs is 1. The number of aromatic nitrogens is 2. The summed E-state index contributed by atoms with van der Waals surface area (Å²) in [6, 6.07) is 9.83. The number of nitrogens with zero attached hydrogens (tertiary/aromatic N) is 3. The molecule has 0 bridgehead atoms. The molecular formula is C22H26N4O2. The highest BCUT2D eigenvalue weighted by Crippen LogP contribution is 2.34. The number of carbonyl (C=O) groups is 1. The van der Waals surface area contributed by atoms with Crippen LogP contribution in [-0.4, -0.2) is 59.1 Å². The summed E-state index contributed by atoms with van der Waals surface area (Å²) >= 11 is 0. The van der Waals surface area contributed by atoms with E-state index in [1.165, 1.54) is 25.9 Å². The van der Waals surface area contributed by atoms with Crippen LogP contribution in [0.2, 0.25) is 0 Å². The number of H-pyrrole nitrogens is 1. The molecule has 0 saturated carbocycles. The van der Waals surface area contributed by atoms with Gasteiger partial charge in [-0.15, -0.1) is 0 Å². The number of furan rings is 1. The number of piperidine rings is 1. The molecule has 146 valence electrons. The monoisotopic (exact) mass is 378 g/mol. The van der Waals surface area contributed by atoms with Gasteiger partial charge in [-0.05, 0) is 63.4 Å². The van der Waals surface area contributed by atoms with Crippen molar-refractivity contribution in [2.24, 2.45) is 11.8 Å². The van der Waals surface area contributed by atoms with Crippen LogP contribution in [0.5, 0.6) is 0 Å². The number of aromatic amines is 1. The minimum absolute atomic E-state index is 0.0552. The Balaban J connectivity index is 1.33. The van der Waals surface area contributed by atoms with Crippen molar-refractivity contribution in [3.05, 3.63) is 42.1 Å². The number of amides is 1. The summed E-state index contributed by atoms with van der Waals surface area (Å²) in [6.07, 6.45) is 5.24. The van der Waals surface area contributed by atoms with Gasteiger partial charge in [0.2, 0.25) is 0 Å². The fraction of sp³-hybridized carbons (Fsp3) is 0.455. The largest absolute Gasteiger partial charge is 0.454 e. The summed E-state index contributed by atoms with van der Waals surface area (Å²) in [5, 5.41) is 8.13. The van der Waals surface area contributed by atoms with Crippen LogP contribution in [0.4, 0.5) is 0 Å². The van der Waals surface area contributed by atoms with E-state index >= 15 is 0 Å². The predicted octanol–water partition coefficient (Wildman–Crippen LogP) is 3.63. The molecule has 2 fully saturated rings. The number of hydrogen-bond acceptors (Lipinski definition) is 4. The van der Waals surface area contributed by atoms with Crippen molar-refractivity contribution in [1.29, 1.82) is 0 Å². The third kappa shape index (κ3) is 3.11. The Morgan fingerprint density at radius 2 is 1.93 bits per heavy atom. The van der Waals surface area contributed by atoms with E-state index in [4.69, 9.17) is 4.42 Å². The molecular weight excluding hydrogens is 352 g/mol. The zero-order valence-electron chi connectivity index (χ0n) is 16.2. The first-order valence-corrected chi connectivity index (χ1v) is 10.2. The number of benzene rings is 1. The van der Waals surface area contributed by atoms with Gasteiger partial charge in [0, 0.05) is 18.5 Å². The second-order valence-corrected chi connectivity index (χ2v) is 8.25. The lowest BCUT2D eigenvalue weighted by Crippen LogP contribution is -2.35. The van der Waals surface area contributed by atoms with E-state index in [0.717, 1.165) is 36.4 Å². The van der Waals surface area contributed by atoms with Gasteiger partial charge in [0.1, 0.15) is 11.3 Å². The van der Waals surface area contributed by atoms with Crippen molar-refractivity contribution in [2.75, 3.05) is 33.2 Å². The highest BCUT2D eigenvalue weighted by molar-refractivity contribution is 6.00. The van der Waals surface area contributed by atoms with E-state index in [9.17, 15) is 4.79 Å². The Kier molecular flexibility index (Phi) is 4.43. The van der Waals surface area contributed by atoms with Crippen LogP contribution in [-0.2, 0) is 0 Å². The maximum atomic E-state index is 13.2. The third-order valence-electron chi connectivity index (χ3n) is 6.48. The normalized spacial score (nSPS) is 21.6. The second-order valence-electron chi connectivity index (χ2n) is 8.25. The van der Waals surface area contributed by atoms with Crippen LogP contribution in [0, 0.1) is 11.8 Å². The van der Waals surface area contributed by atoms with Crippen molar-refractivity contribution in [1.82, 2.24) is 20.0 Å². The quantitative estimate of drug-likeness (QED) is 0.756. The molecule has 0 aliphatic carbocycles. The van der Waals surface area contributed by atoms with Gasteiger partial charge in [-0.1, -0.05) is 18.2 Å². The summed E-state index contributed by atoms with van der Waals surface area (Å²) in [7, 11) is 2.19. The molecule has 4 heterocycles. The molecule has 1 atom stereocenters. The van der Waals surface area contributed by atoms with Crippen molar-refractivity contribution in [3.8, 4) is 11.5 Å². The third-order valence-corrected chi connectivity index (χ3v) is 6.48. The Morgan fingerprint density at radius 3 is 2.75 bits per heavy atom. The summed E-state index contributed by atoms with van der Waals surface area (Å²) in [5.41, 5.74) is 2.08. The minimum atomic E-state index is 0.0552. The maximum absolute atomic E-state index is 13.2. The molecule has 2 aliphatic rings. The van der Waals surface area contributed by atoms with Gasteiger partial charge in [-0.3, -0.25) is 9.89 Å². The molecule has 6 heteroatoms. The molecule has 1 N–H and O–H groups in total. The molecule has 1 unspecified atom stereocenters. The fourth-order valence-corrected chi connectivity index (χ4v) is 4.77. The summed E-state index contributed by atoms with van der Waals surface area (Å²) in [5.74, 6) is 2.08. The van der Waals surface area contributed by atoms with Gasteiger partial charge in [0.05, 0.1) is 11.8 Å². The van der Waals surface area contributed by atoms with Gasteiger partial charge in [-0.2, -0.15) is 5.10 Å². The Hall–Kier alpha value is -2.60. The predicted molar refractivity (Wildman–Crippen MR) is 108 cm³/mol. The second kappa shape index (κ2) is 7.09. The molecule has 1 aromatic carbocycles. The van der Waals surface area contributed by atoms with Crippen molar-refractivity contribution >= 4 is 16.9 Å². The van der Waals surface area contributed by atoms with Crippen LogP contribution in [0.15, 0.2) is 40.9 Å². The van der Waals surface area contributed by atoms with E-state index in [-0.39, 0.29) is 5.91 Å². The Bertz CT molecular complexity index is 950. The van der Waals surface area contributed by atoms with Crippen LogP contribution in [0.1, 0.15) is 29.6 Å². The number of likely N-dealkylation sites (tertiary alicyclic amines) is 2. The molecule has 1 amide bonds. The van der Waals surface area contributed by atoms with Crippen LogP contribution in [0.25, 0.3) is 22.4 Å². The number of nitrogens with one attached hydrogen (secondary N) is 1. The van der Waals surface area contributed by atoms with E-state index in [1.807, 2.05) is 35.2 Å². The van der Waals surface area contributed by atoms with Crippen molar-refractivity contribution in [2.45, 2.75) is 19.3 Å². The first-order chi connectivity index (χ1) is 13.7. The fourth-order valence-electron chi connectivity index (χ4n) is 4.77. The van der Waals surface area contributed by atoms with E-state index in [2.05, 4.69) is 22.1 Å². The first kappa shape index (κ1) is 17.5. The van der Waals surface area contributed by atoms with Crippen molar-refractivity contribution in [3.63, 3.8) is 0 Å². The average Bonchev–Trinajstić information content (AvgIpc) is 3.46. The van der Waals surface area contributed by atoms with Crippen LogP contribution in [0.3, 0.4) is 0 Å². The highest BCUT2D eigenvalue weighted by atomic mass is 16.3. The first-order valence-electron chi connectivity index (χ1n) is 10.2. The number of carbonyl (C=O) groups excluding carboxylic acids is 1. The molecule has 3 aromatic rings. The lowest BCUT2D eigenvalue weighted by molar-refractivity contribution is 0.0776. The topological polar surface area (TPSA) is 65.4 Å². The van der Waals surface area contributed by atoms with E-state index in [1.54, 1.807) is 6.20 Å². The molecule has 0 spiro atoms. The van der Waals surface area contributed by atoms with Gasteiger partial charge in [0.25, 0.3) is 5.91 Å². The van der Waals surface area contributed by atoms with Gasteiger partial charge in [0.15, 0.2) is 5.76 Å². The summed E-state index contributed by atoms with van der Waals surface area (Å²) in [6.45, 7) is 4.04. The number of rotatable bonds is 3.